The van der Waals surface area contributed by atoms with Crippen LogP contribution in [0.5, 0.6) is 0 Å². The first-order valence-corrected chi connectivity index (χ1v) is 21.1. The van der Waals surface area contributed by atoms with Crippen LogP contribution in [0.2, 0.25) is 0 Å². The lowest BCUT2D eigenvalue weighted by Gasteiger charge is -2.31. The number of aliphatic hydroxyl groups is 2. The van der Waals surface area contributed by atoms with Gasteiger partial charge in [-0.25, -0.2) is 19.4 Å². The number of hydrogen-bond acceptors (Lipinski definition) is 11. The van der Waals surface area contributed by atoms with Gasteiger partial charge < -0.3 is 20.8 Å². The molecule has 2 aliphatic rings. The highest BCUT2D eigenvalue weighted by atomic mass is 32.2. The van der Waals surface area contributed by atoms with Gasteiger partial charge in [0.1, 0.15) is 12.1 Å². The highest BCUT2D eigenvalue weighted by Gasteiger charge is 2.44. The van der Waals surface area contributed by atoms with Crippen molar-refractivity contribution in [3.63, 3.8) is 0 Å². The summed E-state index contributed by atoms with van der Waals surface area (Å²) < 4.78 is 21.8. The summed E-state index contributed by atoms with van der Waals surface area (Å²) in [7, 11) is -3.74. The van der Waals surface area contributed by atoms with Gasteiger partial charge in [0.15, 0.2) is 9.84 Å². The smallest absolute Gasteiger partial charge is 0.267 e. The maximum atomic E-state index is 12.5. The van der Waals surface area contributed by atoms with Crippen molar-refractivity contribution < 1.29 is 48.2 Å². The van der Waals surface area contributed by atoms with E-state index >= 15 is 0 Å². The van der Waals surface area contributed by atoms with Gasteiger partial charge in [0.05, 0.1) is 4.75 Å². The van der Waals surface area contributed by atoms with Crippen LogP contribution in [0.15, 0.2) is 48.5 Å². The SMILES string of the molecule is CC(C)([C@H](NC(=O)c1ccc(C#CC#CC2C[C@@H]2CO)cc1)C(=O)NO)S(C)(=O)=O.CSC(C)(C)[C@H](NC(=O)c1ccc(C#CC#CC2C[C@@H]2CO)cc1)C(=O)NO. The van der Waals surface area contributed by atoms with E-state index in [0.29, 0.717) is 17.0 Å². The van der Waals surface area contributed by atoms with E-state index in [9.17, 15) is 27.6 Å². The number of amides is 4. The van der Waals surface area contributed by atoms with Crippen LogP contribution in [0, 0.1) is 71.0 Å². The van der Waals surface area contributed by atoms with Crippen molar-refractivity contribution in [3.8, 4) is 47.4 Å². The minimum absolute atomic E-state index is 0.137. The van der Waals surface area contributed by atoms with E-state index in [-0.39, 0.29) is 36.5 Å². The predicted molar refractivity (Wildman–Crippen MR) is 218 cm³/mol. The molecule has 0 radical (unpaired) electrons. The Hall–Kier alpha value is -5.30. The standard InChI is InChI=1S/C21H24N2O6S.C21H24N2O4S/c1-21(2,30(3,28)29)18(20(26)23-27)22-19(25)15-10-8-14(9-11-15)6-4-5-7-16-12-17(16)13-24;1-21(2,28-3)18(20(26)23-27)22-19(25)15-10-8-14(9-11-15)6-4-5-7-16-12-17(16)13-24/h8-11,16-18,24,27H,12-13H2,1-3H3,(H,22,25)(H,23,26);8-11,16-18,24,27H,12-13H2,1-3H3,(H,22,25)(H,23,26)/t2*16?,17-,18-/m11/s1. The summed E-state index contributed by atoms with van der Waals surface area (Å²) in [6.07, 6.45) is 4.59. The van der Waals surface area contributed by atoms with Gasteiger partial charge in [0.2, 0.25) is 0 Å². The van der Waals surface area contributed by atoms with Crippen LogP contribution in [0.1, 0.15) is 72.4 Å². The van der Waals surface area contributed by atoms with Gasteiger partial charge in [0, 0.05) is 58.3 Å². The lowest BCUT2D eigenvalue weighted by Crippen LogP contribution is -2.60. The van der Waals surface area contributed by atoms with Crippen molar-refractivity contribution in [1.29, 1.82) is 0 Å². The molecular weight excluding hydrogens is 785 g/mol. The first-order valence-electron chi connectivity index (χ1n) is 18.0. The zero-order chi connectivity index (χ0) is 43.3. The fraction of sp³-hybridized carbons (Fsp3) is 0.429. The van der Waals surface area contributed by atoms with E-state index < -0.39 is 55.0 Å². The Labute approximate surface area is 343 Å². The predicted octanol–water partition coefficient (Wildman–Crippen LogP) is 1.51. The van der Waals surface area contributed by atoms with Crippen LogP contribution >= 0.6 is 11.8 Å². The van der Waals surface area contributed by atoms with Crippen LogP contribution in [0.25, 0.3) is 0 Å². The average molecular weight is 833 g/mol. The van der Waals surface area contributed by atoms with Gasteiger partial charge in [-0.15, -0.1) is 0 Å². The third kappa shape index (κ3) is 13.4. The van der Waals surface area contributed by atoms with Crippen LogP contribution < -0.4 is 21.6 Å². The molecule has 0 aliphatic heterocycles. The molecule has 0 spiro atoms. The molecule has 2 aliphatic carbocycles. The van der Waals surface area contributed by atoms with E-state index in [4.69, 9.17) is 20.6 Å². The Morgan fingerprint density at radius 3 is 1.41 bits per heavy atom. The summed E-state index contributed by atoms with van der Waals surface area (Å²) in [4.78, 5) is 48.9. The molecule has 2 aromatic rings. The number of sulfone groups is 1. The second-order valence-electron chi connectivity index (χ2n) is 14.7. The molecule has 4 rings (SSSR count). The molecule has 0 aromatic heterocycles. The van der Waals surface area contributed by atoms with E-state index in [1.54, 1.807) is 41.9 Å². The first-order chi connectivity index (χ1) is 27.3. The summed E-state index contributed by atoms with van der Waals surface area (Å²) in [5.41, 5.74) is 4.91. The van der Waals surface area contributed by atoms with Gasteiger partial charge >= 0.3 is 0 Å². The zero-order valence-corrected chi connectivity index (χ0v) is 34.6. The van der Waals surface area contributed by atoms with Crippen molar-refractivity contribution in [1.82, 2.24) is 21.6 Å². The molecule has 2 unspecified atom stereocenters. The van der Waals surface area contributed by atoms with E-state index in [0.717, 1.165) is 24.7 Å². The van der Waals surface area contributed by atoms with Crippen LogP contribution in [-0.4, -0.2) is 100.0 Å². The zero-order valence-electron chi connectivity index (χ0n) is 33.0. The first kappa shape index (κ1) is 47.1. The largest absolute Gasteiger partial charge is 0.396 e. The monoisotopic (exact) mass is 832 g/mol. The minimum Gasteiger partial charge on any atom is -0.396 e. The van der Waals surface area contributed by atoms with Gasteiger partial charge in [-0.2, -0.15) is 11.8 Å². The number of rotatable bonds is 12. The number of hydrogen-bond donors (Lipinski definition) is 8. The normalized spacial score (nSPS) is 18.7. The fourth-order valence-electron chi connectivity index (χ4n) is 5.13. The van der Waals surface area contributed by atoms with Crippen molar-refractivity contribution in [2.75, 3.05) is 25.7 Å². The summed E-state index contributed by atoms with van der Waals surface area (Å²) in [5, 5.41) is 40.9. The molecule has 4 amide bonds. The number of carbonyl (C=O) groups is 4. The molecule has 0 bridgehead atoms. The minimum atomic E-state index is -3.74. The molecule has 14 nitrogen and oxygen atoms in total. The number of hydroxylamine groups is 2. The van der Waals surface area contributed by atoms with Crippen LogP contribution in [-0.2, 0) is 19.4 Å². The van der Waals surface area contributed by atoms with Crippen molar-refractivity contribution in [2.24, 2.45) is 23.7 Å². The van der Waals surface area contributed by atoms with Crippen molar-refractivity contribution >= 4 is 45.2 Å². The number of nitrogens with one attached hydrogen (secondary N) is 4. The average Bonchev–Trinajstić information content (AvgIpc) is 4.15. The Bertz CT molecular complexity index is 2200. The molecule has 16 heteroatoms. The molecular formula is C42H48N4O10S2. The number of aliphatic hydroxyl groups excluding tert-OH is 2. The molecule has 8 N–H and O–H groups in total. The van der Waals surface area contributed by atoms with Crippen molar-refractivity contribution in [3.05, 3.63) is 70.8 Å². The maximum absolute atomic E-state index is 12.5. The maximum Gasteiger partial charge on any atom is 0.267 e. The molecule has 308 valence electrons. The Kier molecular flexibility index (Phi) is 17.0. The summed E-state index contributed by atoms with van der Waals surface area (Å²) in [6, 6.07) is 10.4. The van der Waals surface area contributed by atoms with E-state index in [1.807, 2.05) is 20.1 Å². The molecule has 2 aromatic carbocycles. The topological polar surface area (TPSA) is 231 Å². The third-order valence-corrected chi connectivity index (χ3v) is 13.3. The van der Waals surface area contributed by atoms with Gasteiger partial charge in [-0.3, -0.25) is 29.6 Å². The quantitative estimate of drug-likeness (QED) is 0.0869. The summed E-state index contributed by atoms with van der Waals surface area (Å²) in [5.74, 6) is 20.9. The Balaban J connectivity index is 0.000000311. The lowest BCUT2D eigenvalue weighted by molar-refractivity contribution is -0.132. The number of thioether (sulfide) groups is 1. The Morgan fingerprint density at radius 1 is 0.707 bits per heavy atom. The second kappa shape index (κ2) is 20.9. The van der Waals surface area contributed by atoms with Crippen molar-refractivity contribution in [2.45, 2.75) is 62.1 Å². The summed E-state index contributed by atoms with van der Waals surface area (Å²) in [6.45, 7) is 6.49. The van der Waals surface area contributed by atoms with Crippen LogP contribution in [0.4, 0.5) is 0 Å². The third-order valence-electron chi connectivity index (χ3n) is 9.83. The van der Waals surface area contributed by atoms with Crippen LogP contribution in [0.3, 0.4) is 0 Å². The number of carbonyl (C=O) groups excluding carboxylic acids is 4. The molecule has 58 heavy (non-hydrogen) atoms. The molecule has 0 saturated heterocycles. The summed E-state index contributed by atoms with van der Waals surface area (Å²) >= 11 is 1.41. The Morgan fingerprint density at radius 2 is 1.09 bits per heavy atom. The molecule has 2 saturated carbocycles. The van der Waals surface area contributed by atoms with E-state index in [1.165, 1.54) is 43.2 Å². The highest BCUT2D eigenvalue weighted by Crippen LogP contribution is 2.37. The lowest BCUT2D eigenvalue weighted by atomic mass is 10.0. The second-order valence-corrected chi connectivity index (χ2v) is 18.8. The fourth-order valence-corrected chi connectivity index (χ4v) is 6.12. The molecule has 2 fully saturated rings. The number of benzene rings is 2. The van der Waals surface area contributed by atoms with Gasteiger partial charge in [-0.1, -0.05) is 23.7 Å². The van der Waals surface area contributed by atoms with Gasteiger partial charge in [0.25, 0.3) is 23.6 Å². The van der Waals surface area contributed by atoms with Gasteiger partial charge in [-0.05, 0) is 131 Å². The molecule has 6 atom stereocenters. The van der Waals surface area contributed by atoms with E-state index in [2.05, 4.69) is 58.0 Å². The molecule has 0 heterocycles. The highest BCUT2D eigenvalue weighted by molar-refractivity contribution is 8.00.